The van der Waals surface area contributed by atoms with Crippen molar-refractivity contribution in [2.24, 2.45) is 56.7 Å². The summed E-state index contributed by atoms with van der Waals surface area (Å²) in [6.07, 6.45) is 4.78. The third kappa shape index (κ3) is 4.45. The second kappa shape index (κ2) is 10.7. The van der Waals surface area contributed by atoms with Crippen molar-refractivity contribution in [1.82, 2.24) is 0 Å². The summed E-state index contributed by atoms with van der Waals surface area (Å²) in [6.45, 7) is 19.1. The van der Waals surface area contributed by atoms with Gasteiger partial charge in [0.05, 0.1) is 19.3 Å². The monoisotopic (exact) mass is 604 g/mol. The maximum Gasteiger partial charge on any atom is 0.186 e. The molecule has 5 aliphatic carbocycles. The van der Waals surface area contributed by atoms with Gasteiger partial charge in [-0.25, -0.2) is 0 Å². The molecule has 6 rings (SSSR count). The van der Waals surface area contributed by atoms with Crippen molar-refractivity contribution in [3.05, 3.63) is 12.2 Å². The van der Waals surface area contributed by atoms with Crippen molar-refractivity contribution in [2.75, 3.05) is 13.2 Å². The topological polar surface area (TPSA) is 120 Å². The van der Waals surface area contributed by atoms with Crippen LogP contribution in [-0.4, -0.2) is 75.6 Å². The first-order valence-electron chi connectivity index (χ1n) is 17.3. The molecular formula is C36H60O7. The molecule has 0 aromatic carbocycles. The Kier molecular flexibility index (Phi) is 8.10. The molecular weight excluding hydrogens is 544 g/mol. The molecule has 1 unspecified atom stereocenters. The predicted molar refractivity (Wildman–Crippen MR) is 165 cm³/mol. The highest BCUT2D eigenvalue weighted by molar-refractivity contribution is 5.21. The summed E-state index contributed by atoms with van der Waals surface area (Å²) in [6, 6.07) is 0. The average Bonchev–Trinajstić information content (AvgIpc) is 3.34. The number of hydrogen-bond acceptors (Lipinski definition) is 7. The standard InChI is InChI=1S/C36H60O7/c1-20(2)21-10-15-36(19-42-31-30(41)29(40)28(39)23(18-37)43-31)17-16-34(6)22(27(21)36)8-9-25-33(5)13-12-26(38)32(3,4)24(33)11-14-35(25,34)7/h21-31,37-41H,1,8-19H2,2-7H3/t21-,22+,23+,24-,25?,26+,27+,28+,29-,30+,31+,33-,34+,35+,36+/m0/s1. The molecule has 5 saturated carbocycles. The minimum Gasteiger partial charge on any atom is -0.394 e. The van der Waals surface area contributed by atoms with Gasteiger partial charge in [0.1, 0.15) is 24.4 Å². The van der Waals surface area contributed by atoms with Crippen LogP contribution in [0.5, 0.6) is 0 Å². The van der Waals surface area contributed by atoms with E-state index in [9.17, 15) is 25.5 Å². The Morgan fingerprint density at radius 1 is 0.791 bits per heavy atom. The Morgan fingerprint density at radius 2 is 1.51 bits per heavy atom. The van der Waals surface area contributed by atoms with Gasteiger partial charge < -0.3 is 35.0 Å². The van der Waals surface area contributed by atoms with Gasteiger partial charge in [0.2, 0.25) is 0 Å². The summed E-state index contributed by atoms with van der Waals surface area (Å²) < 4.78 is 12.1. The first-order chi connectivity index (χ1) is 20.1. The molecule has 1 saturated heterocycles. The number of allylic oxidation sites excluding steroid dienone is 1. The quantitative estimate of drug-likeness (QED) is 0.286. The van der Waals surface area contributed by atoms with Crippen LogP contribution in [0.1, 0.15) is 106 Å². The van der Waals surface area contributed by atoms with E-state index in [1.807, 2.05) is 0 Å². The molecule has 6 fully saturated rings. The van der Waals surface area contributed by atoms with Crippen LogP contribution < -0.4 is 0 Å². The van der Waals surface area contributed by atoms with Gasteiger partial charge in [0.15, 0.2) is 6.29 Å². The zero-order valence-corrected chi connectivity index (χ0v) is 27.6. The van der Waals surface area contributed by atoms with Crippen LogP contribution in [0.2, 0.25) is 0 Å². The lowest BCUT2D eigenvalue weighted by Crippen LogP contribution is -2.67. The second-order valence-corrected chi connectivity index (χ2v) is 17.4. The Morgan fingerprint density at radius 3 is 2.19 bits per heavy atom. The van der Waals surface area contributed by atoms with Crippen LogP contribution in [0.15, 0.2) is 12.2 Å². The Bertz CT molecular complexity index is 1080. The maximum atomic E-state index is 11.0. The third-order valence-electron chi connectivity index (χ3n) is 15.6. The van der Waals surface area contributed by atoms with E-state index in [1.54, 1.807) is 0 Å². The second-order valence-electron chi connectivity index (χ2n) is 17.4. The van der Waals surface area contributed by atoms with Crippen molar-refractivity contribution < 1.29 is 35.0 Å². The van der Waals surface area contributed by atoms with Crippen LogP contribution in [0.25, 0.3) is 0 Å². The molecule has 1 heterocycles. The number of aliphatic hydroxyl groups excluding tert-OH is 5. The van der Waals surface area contributed by atoms with E-state index in [2.05, 4.69) is 48.1 Å². The molecule has 1 aliphatic heterocycles. The molecule has 15 atom stereocenters. The highest BCUT2D eigenvalue weighted by atomic mass is 16.7. The summed E-state index contributed by atoms with van der Waals surface area (Å²) >= 11 is 0. The van der Waals surface area contributed by atoms with E-state index in [4.69, 9.17) is 9.47 Å². The molecule has 0 aromatic heterocycles. The molecule has 7 nitrogen and oxygen atoms in total. The summed E-state index contributed by atoms with van der Waals surface area (Å²) in [5.74, 6) is 2.61. The molecule has 43 heavy (non-hydrogen) atoms. The highest BCUT2D eigenvalue weighted by Crippen LogP contribution is 2.77. The molecule has 0 bridgehead atoms. The van der Waals surface area contributed by atoms with E-state index >= 15 is 0 Å². The predicted octanol–water partition coefficient (Wildman–Crippen LogP) is 4.82. The van der Waals surface area contributed by atoms with Gasteiger partial charge in [-0.05, 0) is 128 Å². The molecule has 5 N–H and O–H groups in total. The number of ether oxygens (including phenoxy) is 2. The number of fused-ring (bicyclic) bond motifs is 7. The summed E-state index contributed by atoms with van der Waals surface area (Å²) in [5.41, 5.74) is 1.81. The normalized spacial score (nSPS) is 55.9. The molecule has 6 aliphatic rings. The van der Waals surface area contributed by atoms with Gasteiger partial charge in [-0.1, -0.05) is 46.8 Å². The van der Waals surface area contributed by atoms with E-state index < -0.39 is 37.3 Å². The summed E-state index contributed by atoms with van der Waals surface area (Å²) in [4.78, 5) is 0. The Hall–Kier alpha value is -0.540. The SMILES string of the molecule is C=C(C)[C@@H]1CC[C@]2(CO[C@@H]3O[C@H](CO)[C@@H](O)[C@H](O)[C@H]3O)CC[C@]3(C)[C@H](CCC4[C@@]5(C)CC[C@@H](O)C(C)(C)[C@@H]5CC[C@]43C)[C@@H]12. The molecule has 0 spiro atoms. The van der Waals surface area contributed by atoms with Crippen molar-refractivity contribution >= 4 is 0 Å². The van der Waals surface area contributed by atoms with Crippen LogP contribution in [0.4, 0.5) is 0 Å². The third-order valence-corrected chi connectivity index (χ3v) is 15.6. The smallest absolute Gasteiger partial charge is 0.186 e. The average molecular weight is 605 g/mol. The lowest BCUT2D eigenvalue weighted by molar-refractivity contribution is -0.311. The van der Waals surface area contributed by atoms with Crippen molar-refractivity contribution in [2.45, 2.75) is 143 Å². The first kappa shape index (κ1) is 32.4. The van der Waals surface area contributed by atoms with Gasteiger partial charge in [-0.15, -0.1) is 0 Å². The lowest BCUT2D eigenvalue weighted by Gasteiger charge is -2.73. The van der Waals surface area contributed by atoms with E-state index in [0.717, 1.165) is 38.5 Å². The molecule has 0 aromatic rings. The van der Waals surface area contributed by atoms with Crippen LogP contribution in [-0.2, 0) is 9.47 Å². The molecule has 7 heteroatoms. The fourth-order valence-electron chi connectivity index (χ4n) is 13.0. The molecule has 246 valence electrons. The summed E-state index contributed by atoms with van der Waals surface area (Å²) in [5, 5.41) is 52.1. The van der Waals surface area contributed by atoms with Gasteiger partial charge in [0, 0.05) is 0 Å². The number of hydrogen-bond donors (Lipinski definition) is 5. The number of rotatable bonds is 5. The van der Waals surface area contributed by atoms with Crippen molar-refractivity contribution in [1.29, 1.82) is 0 Å². The van der Waals surface area contributed by atoms with Crippen LogP contribution in [0, 0.1) is 56.7 Å². The fraction of sp³-hybridized carbons (Fsp3) is 0.944. The first-order valence-corrected chi connectivity index (χ1v) is 17.3. The van der Waals surface area contributed by atoms with Crippen LogP contribution in [0.3, 0.4) is 0 Å². The highest BCUT2D eigenvalue weighted by Gasteiger charge is 2.71. The van der Waals surface area contributed by atoms with Gasteiger partial charge in [0.25, 0.3) is 0 Å². The lowest BCUT2D eigenvalue weighted by atomic mass is 9.32. The molecule has 0 radical (unpaired) electrons. The van der Waals surface area contributed by atoms with Crippen molar-refractivity contribution in [3.63, 3.8) is 0 Å². The zero-order chi connectivity index (χ0) is 31.3. The van der Waals surface area contributed by atoms with Gasteiger partial charge in [-0.2, -0.15) is 0 Å². The number of aliphatic hydroxyl groups is 5. The summed E-state index contributed by atoms with van der Waals surface area (Å²) in [7, 11) is 0. The Balaban J connectivity index is 1.29. The minimum absolute atomic E-state index is 0.0496. The Labute approximate surface area is 259 Å². The van der Waals surface area contributed by atoms with Crippen molar-refractivity contribution in [3.8, 4) is 0 Å². The van der Waals surface area contributed by atoms with Gasteiger partial charge in [-0.3, -0.25) is 0 Å². The van der Waals surface area contributed by atoms with E-state index in [1.165, 1.54) is 31.3 Å². The largest absolute Gasteiger partial charge is 0.394 e. The van der Waals surface area contributed by atoms with Gasteiger partial charge >= 0.3 is 0 Å². The van der Waals surface area contributed by atoms with E-state index in [-0.39, 0.29) is 33.2 Å². The fourth-order valence-corrected chi connectivity index (χ4v) is 13.0. The van der Waals surface area contributed by atoms with Crippen LogP contribution >= 0.6 is 0 Å². The minimum atomic E-state index is -1.43. The zero-order valence-electron chi connectivity index (χ0n) is 27.6. The maximum absolute atomic E-state index is 11.0. The van der Waals surface area contributed by atoms with E-state index in [0.29, 0.717) is 36.2 Å². The molecule has 0 amide bonds.